The van der Waals surface area contributed by atoms with Gasteiger partial charge in [0, 0.05) is 31.9 Å². The van der Waals surface area contributed by atoms with Gasteiger partial charge in [0.05, 0.1) is 5.25 Å². The van der Waals surface area contributed by atoms with Crippen molar-refractivity contribution in [3.63, 3.8) is 0 Å². The minimum Gasteiger partial charge on any atom is -0.325 e. The summed E-state index contributed by atoms with van der Waals surface area (Å²) >= 11 is 13.5. The maximum absolute atomic E-state index is 13.4. The van der Waals surface area contributed by atoms with Gasteiger partial charge in [-0.2, -0.15) is 0 Å². The lowest BCUT2D eigenvalue weighted by Gasteiger charge is -2.16. The molecular formula is C33H29Cl2N3O3S. The lowest BCUT2D eigenvalue weighted by molar-refractivity contribution is -0.116. The summed E-state index contributed by atoms with van der Waals surface area (Å²) in [5.41, 5.74) is 3.36. The highest BCUT2D eigenvalue weighted by Gasteiger charge is 2.20. The van der Waals surface area contributed by atoms with E-state index in [0.29, 0.717) is 33.4 Å². The fraction of sp³-hybridized carbons (Fsp3) is 0.121. The van der Waals surface area contributed by atoms with Gasteiger partial charge in [-0.25, -0.2) is 0 Å². The number of hydrogen-bond donors (Lipinski definition) is 3. The molecule has 3 N–H and O–H groups in total. The van der Waals surface area contributed by atoms with Crippen LogP contribution >= 0.6 is 35.0 Å². The Morgan fingerprint density at radius 2 is 1.52 bits per heavy atom. The summed E-state index contributed by atoms with van der Waals surface area (Å²) in [6, 6.07) is 28.4. The Hall–Kier alpha value is -4.04. The molecule has 0 aliphatic heterocycles. The first-order valence-corrected chi connectivity index (χ1v) is 14.8. The summed E-state index contributed by atoms with van der Waals surface area (Å²) in [5.74, 6) is -1.07. The first kappa shape index (κ1) is 30.9. The van der Waals surface area contributed by atoms with Crippen molar-refractivity contribution < 1.29 is 14.4 Å². The Balaban J connectivity index is 1.50. The number of anilines is 2. The average molecular weight is 619 g/mol. The second-order valence-electron chi connectivity index (χ2n) is 9.44. The zero-order chi connectivity index (χ0) is 30.1. The molecule has 4 aromatic rings. The largest absolute Gasteiger partial charge is 0.325 e. The van der Waals surface area contributed by atoms with E-state index >= 15 is 0 Å². The van der Waals surface area contributed by atoms with E-state index in [0.717, 1.165) is 16.0 Å². The molecule has 0 fully saturated rings. The van der Waals surface area contributed by atoms with Crippen LogP contribution in [0.2, 0.25) is 10.0 Å². The minimum absolute atomic E-state index is 0.0958. The van der Waals surface area contributed by atoms with Crippen LogP contribution in [0.1, 0.15) is 34.8 Å². The molecule has 0 radical (unpaired) electrons. The predicted octanol–water partition coefficient (Wildman–Crippen LogP) is 8.22. The van der Waals surface area contributed by atoms with E-state index in [1.165, 1.54) is 11.8 Å². The number of rotatable bonds is 10. The van der Waals surface area contributed by atoms with Gasteiger partial charge in [0.25, 0.3) is 11.8 Å². The van der Waals surface area contributed by atoms with E-state index in [4.69, 9.17) is 23.2 Å². The number of benzene rings is 4. The zero-order valence-corrected chi connectivity index (χ0v) is 25.3. The fourth-order valence-electron chi connectivity index (χ4n) is 4.05. The van der Waals surface area contributed by atoms with Crippen molar-refractivity contribution in [3.8, 4) is 0 Å². The van der Waals surface area contributed by atoms with E-state index in [1.807, 2.05) is 50.2 Å². The molecule has 9 heteroatoms. The smallest absolute Gasteiger partial charge is 0.272 e. The number of thioether (sulfide) groups is 1. The normalized spacial score (nSPS) is 11.9. The van der Waals surface area contributed by atoms with Gasteiger partial charge in [-0.3, -0.25) is 14.4 Å². The Morgan fingerprint density at radius 3 is 2.21 bits per heavy atom. The summed E-state index contributed by atoms with van der Waals surface area (Å²) < 4.78 is 0. The molecule has 4 rings (SSSR count). The molecule has 3 amide bonds. The number of halogens is 2. The second-order valence-corrected chi connectivity index (χ2v) is 11.6. The summed E-state index contributed by atoms with van der Waals surface area (Å²) in [7, 11) is 0. The summed E-state index contributed by atoms with van der Waals surface area (Å²) in [4.78, 5) is 40.2. The predicted molar refractivity (Wildman–Crippen MR) is 173 cm³/mol. The van der Waals surface area contributed by atoms with Crippen LogP contribution in [-0.4, -0.2) is 23.0 Å². The molecule has 0 aliphatic rings. The van der Waals surface area contributed by atoms with Crippen LogP contribution in [0.25, 0.3) is 6.08 Å². The molecule has 0 spiro atoms. The molecule has 0 aromatic heterocycles. The molecule has 6 nitrogen and oxygen atoms in total. The first-order chi connectivity index (χ1) is 20.2. The molecule has 0 heterocycles. The van der Waals surface area contributed by atoms with Gasteiger partial charge in [-0.1, -0.05) is 84.2 Å². The number of amides is 3. The van der Waals surface area contributed by atoms with Crippen molar-refractivity contribution in [2.45, 2.75) is 30.4 Å². The number of carbonyl (C=O) groups is 3. The van der Waals surface area contributed by atoms with E-state index in [1.54, 1.807) is 66.7 Å². The Bertz CT molecular complexity index is 1610. The van der Waals surface area contributed by atoms with Gasteiger partial charge in [0.1, 0.15) is 5.70 Å². The Morgan fingerprint density at radius 1 is 0.810 bits per heavy atom. The first-order valence-electron chi connectivity index (χ1n) is 13.2. The van der Waals surface area contributed by atoms with E-state index in [2.05, 4.69) is 16.0 Å². The molecule has 0 aliphatic carbocycles. The maximum Gasteiger partial charge on any atom is 0.272 e. The van der Waals surface area contributed by atoms with Crippen molar-refractivity contribution in [2.24, 2.45) is 0 Å². The van der Waals surface area contributed by atoms with Crippen LogP contribution in [0, 0.1) is 6.92 Å². The molecule has 0 bridgehead atoms. The topological polar surface area (TPSA) is 87.3 Å². The molecule has 4 aromatic carbocycles. The molecule has 1 unspecified atom stereocenters. The average Bonchev–Trinajstić information content (AvgIpc) is 2.95. The van der Waals surface area contributed by atoms with Gasteiger partial charge < -0.3 is 16.0 Å². The minimum atomic E-state index is -0.481. The molecule has 1 atom stereocenters. The maximum atomic E-state index is 13.4. The Kier molecular flexibility index (Phi) is 10.8. The second kappa shape index (κ2) is 14.7. The highest BCUT2D eigenvalue weighted by molar-refractivity contribution is 8.00. The number of carbonyl (C=O) groups excluding carboxylic acids is 3. The highest BCUT2D eigenvalue weighted by Crippen LogP contribution is 2.30. The van der Waals surface area contributed by atoms with Gasteiger partial charge in [-0.15, -0.1) is 11.8 Å². The van der Waals surface area contributed by atoms with Crippen LogP contribution in [-0.2, 0) is 9.59 Å². The van der Waals surface area contributed by atoms with Gasteiger partial charge in [0.15, 0.2) is 0 Å². The standard InChI is InChI=1S/C33H29Cl2N3O3S/c1-3-30(33(41)37-27-18-24(34)17-25(35)19-27)42-28-14-8-13-26(20-28)36-32(40)29(16-22-10-7-9-21(2)15-22)38-31(39)23-11-5-4-6-12-23/h4-20,30H,3H2,1-2H3,(H,36,40)(H,37,41)(H,38,39)/b29-16+. The summed E-state index contributed by atoms with van der Waals surface area (Å²) in [6.45, 7) is 3.88. The fourth-order valence-corrected chi connectivity index (χ4v) is 5.59. The van der Waals surface area contributed by atoms with Crippen LogP contribution in [0.4, 0.5) is 11.4 Å². The Labute approximate surface area is 259 Å². The van der Waals surface area contributed by atoms with Gasteiger partial charge in [0.2, 0.25) is 5.91 Å². The van der Waals surface area contributed by atoms with Crippen molar-refractivity contribution in [3.05, 3.63) is 129 Å². The zero-order valence-electron chi connectivity index (χ0n) is 23.0. The van der Waals surface area contributed by atoms with Crippen LogP contribution < -0.4 is 16.0 Å². The number of nitrogens with one attached hydrogen (secondary N) is 3. The van der Waals surface area contributed by atoms with E-state index in [-0.39, 0.29) is 11.6 Å². The van der Waals surface area contributed by atoms with Crippen LogP contribution in [0.15, 0.2) is 108 Å². The van der Waals surface area contributed by atoms with Crippen LogP contribution in [0.5, 0.6) is 0 Å². The lowest BCUT2D eigenvalue weighted by Crippen LogP contribution is -2.30. The molecule has 0 saturated heterocycles. The lowest BCUT2D eigenvalue weighted by atomic mass is 10.1. The van der Waals surface area contributed by atoms with E-state index in [9.17, 15) is 14.4 Å². The van der Waals surface area contributed by atoms with Gasteiger partial charge in [-0.05, 0) is 73.5 Å². The third kappa shape index (κ3) is 8.98. The number of hydrogen-bond acceptors (Lipinski definition) is 4. The van der Waals surface area contributed by atoms with Crippen molar-refractivity contribution in [1.82, 2.24) is 5.32 Å². The number of aryl methyl sites for hydroxylation is 1. The summed E-state index contributed by atoms with van der Waals surface area (Å²) in [5, 5.41) is 8.96. The monoisotopic (exact) mass is 617 g/mol. The highest BCUT2D eigenvalue weighted by atomic mass is 35.5. The van der Waals surface area contributed by atoms with Crippen molar-refractivity contribution >= 4 is 70.1 Å². The van der Waals surface area contributed by atoms with Crippen molar-refractivity contribution in [1.29, 1.82) is 0 Å². The quantitative estimate of drug-likeness (QED) is 0.124. The summed E-state index contributed by atoms with van der Waals surface area (Å²) in [6.07, 6.45) is 2.21. The third-order valence-electron chi connectivity index (χ3n) is 6.05. The van der Waals surface area contributed by atoms with Gasteiger partial charge >= 0.3 is 0 Å². The molecular weight excluding hydrogens is 589 g/mol. The molecule has 42 heavy (non-hydrogen) atoms. The van der Waals surface area contributed by atoms with E-state index < -0.39 is 17.1 Å². The third-order valence-corrected chi connectivity index (χ3v) is 7.84. The molecule has 214 valence electrons. The molecule has 0 saturated carbocycles. The van der Waals surface area contributed by atoms with Crippen molar-refractivity contribution in [2.75, 3.05) is 10.6 Å². The van der Waals surface area contributed by atoms with Crippen LogP contribution in [0.3, 0.4) is 0 Å². The SMILES string of the molecule is CCC(Sc1cccc(NC(=O)/C(=C\c2cccc(C)c2)NC(=O)c2ccccc2)c1)C(=O)Nc1cc(Cl)cc(Cl)c1.